The van der Waals surface area contributed by atoms with Crippen LogP contribution in [0.3, 0.4) is 0 Å². The fourth-order valence-electron chi connectivity index (χ4n) is 3.15. The molecule has 2 unspecified atom stereocenters. The summed E-state index contributed by atoms with van der Waals surface area (Å²) in [6, 6.07) is 5.51. The molecule has 1 heterocycles. The molecule has 0 bridgehead atoms. The first-order chi connectivity index (χ1) is 14.2. The first-order valence-corrected chi connectivity index (χ1v) is 11.2. The van der Waals surface area contributed by atoms with Crippen LogP contribution in [0.15, 0.2) is 29.3 Å². The van der Waals surface area contributed by atoms with Crippen LogP contribution in [0.25, 0.3) is 0 Å². The monoisotopic (exact) mass is 460 g/mol. The predicted octanol–water partition coefficient (Wildman–Crippen LogP) is 0.896. The number of rotatable bonds is 5. The van der Waals surface area contributed by atoms with Crippen LogP contribution in [0.2, 0.25) is 0 Å². The van der Waals surface area contributed by atoms with E-state index in [4.69, 9.17) is 15.7 Å². The van der Waals surface area contributed by atoms with Gasteiger partial charge in [-0.15, -0.1) is 0 Å². The highest BCUT2D eigenvalue weighted by molar-refractivity contribution is 7.89. The summed E-state index contributed by atoms with van der Waals surface area (Å²) < 4.78 is 46.7. The van der Waals surface area contributed by atoms with Crippen LogP contribution >= 0.6 is 0 Å². The van der Waals surface area contributed by atoms with Crippen molar-refractivity contribution in [2.75, 3.05) is 19.4 Å². The van der Waals surface area contributed by atoms with Gasteiger partial charge in [0.1, 0.15) is 17.0 Å². The highest BCUT2D eigenvalue weighted by atomic mass is 32.2. The molecule has 1 aliphatic heterocycles. The minimum absolute atomic E-state index is 0.0353. The average Bonchev–Trinajstić information content (AvgIpc) is 2.67. The molecule has 0 spiro atoms. The molecule has 1 aromatic rings. The summed E-state index contributed by atoms with van der Waals surface area (Å²) in [4.78, 5) is 16.9. The molecule has 10 nitrogen and oxygen atoms in total. The SMILES string of the molecule is CN1C(N(N)C(=O)OC(C)(C)C)=NC(CCC(O)CO)(c2ccccc2F)CS1(=O)=O. The number of halogens is 1. The van der Waals surface area contributed by atoms with E-state index in [-0.39, 0.29) is 18.4 Å². The fraction of sp³-hybridized carbons (Fsp3) is 0.579. The maximum atomic E-state index is 14.8. The number of guanidine groups is 1. The third-order valence-corrected chi connectivity index (χ3v) is 6.56. The summed E-state index contributed by atoms with van der Waals surface area (Å²) in [6.45, 7) is 4.28. The van der Waals surface area contributed by atoms with Crippen LogP contribution < -0.4 is 5.84 Å². The van der Waals surface area contributed by atoms with E-state index < -0.39 is 57.5 Å². The van der Waals surface area contributed by atoms with Gasteiger partial charge in [0.05, 0.1) is 18.5 Å². The molecule has 2 atom stereocenters. The zero-order chi connectivity index (χ0) is 23.6. The molecular weight excluding hydrogens is 431 g/mol. The van der Waals surface area contributed by atoms with Gasteiger partial charge < -0.3 is 14.9 Å². The zero-order valence-electron chi connectivity index (χ0n) is 17.9. The largest absolute Gasteiger partial charge is 0.442 e. The third kappa shape index (κ3) is 5.70. The number of carbonyl (C=O) groups is 1. The minimum Gasteiger partial charge on any atom is -0.442 e. The quantitative estimate of drug-likeness (QED) is 0.336. The molecule has 0 aromatic heterocycles. The molecule has 4 N–H and O–H groups in total. The van der Waals surface area contributed by atoms with E-state index in [1.54, 1.807) is 20.8 Å². The van der Waals surface area contributed by atoms with Gasteiger partial charge in [-0.05, 0) is 39.7 Å². The van der Waals surface area contributed by atoms with E-state index in [0.717, 1.165) is 10.4 Å². The van der Waals surface area contributed by atoms with Gasteiger partial charge in [-0.1, -0.05) is 18.2 Å². The minimum atomic E-state index is -4.10. The topological polar surface area (TPSA) is 146 Å². The van der Waals surface area contributed by atoms with Gasteiger partial charge in [-0.3, -0.25) is 0 Å². The van der Waals surface area contributed by atoms with Crippen molar-refractivity contribution in [1.29, 1.82) is 0 Å². The summed E-state index contributed by atoms with van der Waals surface area (Å²) in [5, 5.41) is 19.5. The first-order valence-electron chi connectivity index (χ1n) is 9.60. The number of aliphatic hydroxyl groups excluding tert-OH is 2. The number of amides is 1. The van der Waals surface area contributed by atoms with E-state index in [0.29, 0.717) is 5.01 Å². The standard InChI is InChI=1S/C19H29FN4O6S/c1-18(2,3)30-17(27)24(21)16-22-19(10-9-13(26)11-25,12-31(28,29)23(16)4)14-7-5-6-8-15(14)20/h5-8,13,25-26H,9-12,21H2,1-4H3. The number of aliphatic imine (C=N–C) groups is 1. The van der Waals surface area contributed by atoms with Crippen molar-refractivity contribution in [3.05, 3.63) is 35.6 Å². The first kappa shape index (κ1) is 25.0. The molecule has 1 aliphatic rings. The number of benzene rings is 1. The zero-order valence-corrected chi connectivity index (χ0v) is 18.8. The van der Waals surface area contributed by atoms with E-state index in [1.807, 2.05) is 0 Å². The van der Waals surface area contributed by atoms with Crippen molar-refractivity contribution in [2.24, 2.45) is 10.8 Å². The number of nitrogens with zero attached hydrogens (tertiary/aromatic N) is 3. The van der Waals surface area contributed by atoms with Crippen LogP contribution in [-0.4, -0.2) is 71.1 Å². The number of sulfonamides is 1. The lowest BCUT2D eigenvalue weighted by Crippen LogP contribution is -2.58. The second-order valence-electron chi connectivity index (χ2n) is 8.37. The van der Waals surface area contributed by atoms with Crippen molar-refractivity contribution >= 4 is 22.1 Å². The Morgan fingerprint density at radius 2 is 2.03 bits per heavy atom. The van der Waals surface area contributed by atoms with Crippen LogP contribution in [0.5, 0.6) is 0 Å². The predicted molar refractivity (Wildman–Crippen MR) is 112 cm³/mol. The number of hydrogen-bond donors (Lipinski definition) is 3. The maximum absolute atomic E-state index is 14.8. The summed E-state index contributed by atoms with van der Waals surface area (Å²) in [6.07, 6.45) is -2.41. The van der Waals surface area contributed by atoms with Gasteiger partial charge in [0.2, 0.25) is 16.0 Å². The van der Waals surface area contributed by atoms with Gasteiger partial charge in [-0.25, -0.2) is 32.7 Å². The van der Waals surface area contributed by atoms with Crippen molar-refractivity contribution < 1.29 is 32.6 Å². The number of aliphatic hydroxyl groups is 2. The number of ether oxygens (including phenoxy) is 1. The Bertz CT molecular complexity index is 949. The maximum Gasteiger partial charge on any atom is 0.431 e. The van der Waals surface area contributed by atoms with Crippen molar-refractivity contribution in [3.8, 4) is 0 Å². The van der Waals surface area contributed by atoms with Crippen LogP contribution in [0.4, 0.5) is 9.18 Å². The molecule has 0 saturated carbocycles. The van der Waals surface area contributed by atoms with Gasteiger partial charge in [0.25, 0.3) is 0 Å². The number of hydrogen-bond acceptors (Lipinski definition) is 8. The average molecular weight is 461 g/mol. The fourth-order valence-corrected chi connectivity index (χ4v) is 4.69. The molecule has 12 heteroatoms. The Morgan fingerprint density at radius 1 is 1.42 bits per heavy atom. The normalized spacial score (nSPS) is 21.9. The number of nitrogens with two attached hydrogens (primary N) is 1. The third-order valence-electron chi connectivity index (χ3n) is 4.72. The molecule has 0 aliphatic carbocycles. The number of hydrazine groups is 1. The highest BCUT2D eigenvalue weighted by Gasteiger charge is 2.47. The second kappa shape index (κ2) is 9.07. The summed E-state index contributed by atoms with van der Waals surface area (Å²) in [5.74, 6) is 4.08. The van der Waals surface area contributed by atoms with Crippen LogP contribution in [0, 0.1) is 5.82 Å². The Morgan fingerprint density at radius 3 is 2.58 bits per heavy atom. The highest BCUT2D eigenvalue weighted by Crippen LogP contribution is 2.39. The van der Waals surface area contributed by atoms with Gasteiger partial charge in [0, 0.05) is 12.6 Å². The summed E-state index contributed by atoms with van der Waals surface area (Å²) in [7, 11) is -2.92. The van der Waals surface area contributed by atoms with Gasteiger partial charge >= 0.3 is 6.09 Å². The lowest BCUT2D eigenvalue weighted by molar-refractivity contribution is 0.0354. The molecule has 0 fully saturated rings. The molecule has 1 aromatic carbocycles. The Balaban J connectivity index is 2.65. The summed E-state index contributed by atoms with van der Waals surface area (Å²) in [5.41, 5.74) is -2.64. The van der Waals surface area contributed by atoms with Crippen LogP contribution in [0.1, 0.15) is 39.2 Å². The number of carbonyl (C=O) groups excluding carboxylic acids is 1. The molecule has 174 valence electrons. The summed E-state index contributed by atoms with van der Waals surface area (Å²) >= 11 is 0. The molecule has 0 saturated heterocycles. The van der Waals surface area contributed by atoms with Crippen LogP contribution in [-0.2, 0) is 20.3 Å². The van der Waals surface area contributed by atoms with E-state index in [2.05, 4.69) is 4.99 Å². The van der Waals surface area contributed by atoms with E-state index in [1.165, 1.54) is 25.2 Å². The van der Waals surface area contributed by atoms with E-state index >= 15 is 0 Å². The van der Waals surface area contributed by atoms with Crippen molar-refractivity contribution in [1.82, 2.24) is 9.31 Å². The molecular formula is C19H29FN4O6S. The Hall–Kier alpha value is -2.28. The smallest absolute Gasteiger partial charge is 0.431 e. The molecule has 2 rings (SSSR count). The van der Waals surface area contributed by atoms with Crippen molar-refractivity contribution in [2.45, 2.75) is 50.9 Å². The molecule has 1 amide bonds. The Kier molecular flexibility index (Phi) is 7.31. The molecule has 0 radical (unpaired) electrons. The van der Waals surface area contributed by atoms with Gasteiger partial charge in [0.15, 0.2) is 0 Å². The molecule has 31 heavy (non-hydrogen) atoms. The second-order valence-corrected chi connectivity index (χ2v) is 10.4. The van der Waals surface area contributed by atoms with Crippen molar-refractivity contribution in [3.63, 3.8) is 0 Å². The Labute approximate surface area is 181 Å². The lowest BCUT2D eigenvalue weighted by Gasteiger charge is -2.40. The lowest BCUT2D eigenvalue weighted by atomic mass is 9.86. The van der Waals surface area contributed by atoms with Gasteiger partial charge in [-0.2, -0.15) is 5.01 Å². The van der Waals surface area contributed by atoms with E-state index in [9.17, 15) is 22.7 Å².